The molecular formula is C21H27F4N3O5. The number of rotatable bonds is 7. The first-order chi connectivity index (χ1) is 15.6. The lowest BCUT2D eigenvalue weighted by Gasteiger charge is -2.42. The highest BCUT2D eigenvalue weighted by Gasteiger charge is 2.42. The van der Waals surface area contributed by atoms with Crippen molar-refractivity contribution in [2.24, 2.45) is 5.92 Å². The zero-order chi connectivity index (χ0) is 24.2. The fraction of sp³-hybridized carbons (Fsp3) is 0.619. The Kier molecular flexibility index (Phi) is 7.88. The number of piperidine rings is 1. The molecule has 0 unspecified atom stereocenters. The number of halogens is 4. The number of benzene rings is 1. The second kappa shape index (κ2) is 10.4. The third kappa shape index (κ3) is 6.86. The van der Waals surface area contributed by atoms with Gasteiger partial charge < -0.3 is 29.3 Å². The summed E-state index contributed by atoms with van der Waals surface area (Å²) >= 11 is 0. The average molecular weight is 477 g/mol. The summed E-state index contributed by atoms with van der Waals surface area (Å²) in [5.41, 5.74) is 0.0192. The minimum Gasteiger partial charge on any atom is -0.453 e. The van der Waals surface area contributed by atoms with E-state index in [0.717, 1.165) is 25.0 Å². The molecule has 0 radical (unpaired) electrons. The Bertz CT molecular complexity index is 850. The van der Waals surface area contributed by atoms with Crippen molar-refractivity contribution in [2.75, 3.05) is 33.9 Å². The Morgan fingerprint density at radius 3 is 2.48 bits per heavy atom. The van der Waals surface area contributed by atoms with Gasteiger partial charge in [0.2, 0.25) is 0 Å². The molecule has 1 heterocycles. The van der Waals surface area contributed by atoms with Crippen molar-refractivity contribution in [3.8, 4) is 5.75 Å². The molecule has 1 N–H and O–H groups in total. The standard InChI is InChI=1S/C21H27F4N3O5/c1-31-12-13-7-16(11-27(10-13)20(30)32-2)28(15-4-5-15)19(29)26-9-14-3-6-17(8-18(14)22)33-21(23,24)25/h3,6,8,13,15-16H,4-5,7,9-12H2,1-2H3,(H,26,29)/t13-,16+/m0/s1. The van der Waals surface area contributed by atoms with Gasteiger partial charge in [-0.05, 0) is 25.3 Å². The lowest BCUT2D eigenvalue weighted by Crippen LogP contribution is -2.57. The maximum absolute atomic E-state index is 14.2. The number of urea groups is 1. The number of likely N-dealkylation sites (tertiary alicyclic amines) is 1. The molecule has 8 nitrogen and oxygen atoms in total. The van der Waals surface area contributed by atoms with Gasteiger partial charge in [0, 0.05) is 50.3 Å². The van der Waals surface area contributed by atoms with Crippen molar-refractivity contribution >= 4 is 12.1 Å². The molecule has 1 saturated heterocycles. The number of nitrogens with one attached hydrogen (secondary N) is 1. The van der Waals surface area contributed by atoms with Crippen LogP contribution in [0.2, 0.25) is 0 Å². The largest absolute Gasteiger partial charge is 0.573 e. The maximum atomic E-state index is 14.2. The SMILES string of the molecule is COC[C@H]1C[C@@H](N(C(=O)NCc2ccc(OC(F)(F)F)cc2F)C2CC2)CN(C(=O)OC)C1. The molecule has 33 heavy (non-hydrogen) atoms. The Morgan fingerprint density at radius 2 is 1.91 bits per heavy atom. The Balaban J connectivity index is 1.67. The van der Waals surface area contributed by atoms with E-state index in [1.54, 1.807) is 16.9 Å². The number of carbonyl (C=O) groups is 2. The van der Waals surface area contributed by atoms with Gasteiger partial charge in [0.1, 0.15) is 11.6 Å². The molecule has 1 saturated carbocycles. The number of hydrogen-bond donors (Lipinski definition) is 1. The van der Waals surface area contributed by atoms with Crippen LogP contribution in [0.4, 0.5) is 27.2 Å². The predicted molar refractivity (Wildman–Crippen MR) is 108 cm³/mol. The summed E-state index contributed by atoms with van der Waals surface area (Å²) in [4.78, 5) is 28.4. The minimum absolute atomic E-state index is 0.00296. The molecule has 2 aliphatic rings. The third-order valence-electron chi connectivity index (χ3n) is 5.61. The molecule has 184 valence electrons. The van der Waals surface area contributed by atoms with Gasteiger partial charge in [0.25, 0.3) is 0 Å². The Hall–Kier alpha value is -2.76. The molecule has 1 aliphatic carbocycles. The fourth-order valence-electron chi connectivity index (χ4n) is 4.12. The summed E-state index contributed by atoms with van der Waals surface area (Å²) in [6, 6.07) is 2.04. The normalized spacial score (nSPS) is 20.8. The van der Waals surface area contributed by atoms with Gasteiger partial charge >= 0.3 is 18.5 Å². The molecule has 1 aromatic carbocycles. The van der Waals surface area contributed by atoms with Crippen LogP contribution in [-0.2, 0) is 16.0 Å². The van der Waals surface area contributed by atoms with Crippen LogP contribution in [0.15, 0.2) is 18.2 Å². The van der Waals surface area contributed by atoms with E-state index in [-0.39, 0.29) is 30.1 Å². The van der Waals surface area contributed by atoms with Gasteiger partial charge in [0.15, 0.2) is 0 Å². The lowest BCUT2D eigenvalue weighted by atomic mass is 9.94. The maximum Gasteiger partial charge on any atom is 0.573 e. The minimum atomic E-state index is -4.92. The topological polar surface area (TPSA) is 80.3 Å². The second-order valence-electron chi connectivity index (χ2n) is 8.18. The van der Waals surface area contributed by atoms with E-state index in [4.69, 9.17) is 9.47 Å². The smallest absolute Gasteiger partial charge is 0.453 e. The molecule has 2 fully saturated rings. The molecule has 3 rings (SSSR count). The zero-order valence-electron chi connectivity index (χ0n) is 18.4. The lowest BCUT2D eigenvalue weighted by molar-refractivity contribution is -0.274. The summed E-state index contributed by atoms with van der Waals surface area (Å²) in [5, 5.41) is 2.65. The molecular weight excluding hydrogens is 450 g/mol. The first kappa shape index (κ1) is 24.9. The van der Waals surface area contributed by atoms with Crippen molar-refractivity contribution in [2.45, 2.75) is 44.3 Å². The summed E-state index contributed by atoms with van der Waals surface area (Å²) in [6.45, 7) is 0.958. The highest BCUT2D eigenvalue weighted by molar-refractivity contribution is 5.75. The van der Waals surface area contributed by atoms with Gasteiger partial charge in [-0.15, -0.1) is 13.2 Å². The second-order valence-corrected chi connectivity index (χ2v) is 8.18. The van der Waals surface area contributed by atoms with Crippen LogP contribution in [0.25, 0.3) is 0 Å². The number of amides is 3. The van der Waals surface area contributed by atoms with Crippen LogP contribution in [0.3, 0.4) is 0 Å². The van der Waals surface area contributed by atoms with Crippen molar-refractivity contribution in [1.82, 2.24) is 15.1 Å². The molecule has 0 spiro atoms. The molecule has 1 aliphatic heterocycles. The number of hydrogen-bond acceptors (Lipinski definition) is 5. The highest BCUT2D eigenvalue weighted by Crippen LogP contribution is 2.33. The number of nitrogens with zero attached hydrogens (tertiary/aromatic N) is 2. The average Bonchev–Trinajstić information content (AvgIpc) is 3.56. The van der Waals surface area contributed by atoms with E-state index in [0.29, 0.717) is 32.2 Å². The van der Waals surface area contributed by atoms with E-state index in [9.17, 15) is 27.2 Å². The fourth-order valence-corrected chi connectivity index (χ4v) is 4.12. The predicted octanol–water partition coefficient (Wildman–Crippen LogP) is 3.50. The van der Waals surface area contributed by atoms with Crippen LogP contribution in [0.1, 0.15) is 24.8 Å². The quantitative estimate of drug-likeness (QED) is 0.608. The van der Waals surface area contributed by atoms with Crippen LogP contribution in [0.5, 0.6) is 5.75 Å². The molecule has 0 aromatic heterocycles. The summed E-state index contributed by atoms with van der Waals surface area (Å²) in [6.07, 6.45) is -3.15. The van der Waals surface area contributed by atoms with E-state index in [2.05, 4.69) is 10.1 Å². The first-order valence-corrected chi connectivity index (χ1v) is 10.5. The number of ether oxygens (including phenoxy) is 3. The third-order valence-corrected chi connectivity index (χ3v) is 5.61. The van der Waals surface area contributed by atoms with Crippen LogP contribution in [0, 0.1) is 11.7 Å². The molecule has 2 atom stereocenters. The van der Waals surface area contributed by atoms with E-state index in [1.807, 2.05) is 0 Å². The summed E-state index contributed by atoms with van der Waals surface area (Å²) in [7, 11) is 2.86. The number of alkyl halides is 3. The Labute approximate surface area is 188 Å². The zero-order valence-corrected chi connectivity index (χ0v) is 18.4. The van der Waals surface area contributed by atoms with Gasteiger partial charge in [-0.1, -0.05) is 6.07 Å². The number of carbonyl (C=O) groups excluding carboxylic acids is 2. The van der Waals surface area contributed by atoms with E-state index >= 15 is 0 Å². The van der Waals surface area contributed by atoms with Gasteiger partial charge in [-0.3, -0.25) is 0 Å². The summed E-state index contributed by atoms with van der Waals surface area (Å²) in [5.74, 6) is -1.59. The Morgan fingerprint density at radius 1 is 1.18 bits per heavy atom. The van der Waals surface area contributed by atoms with Gasteiger partial charge in [-0.2, -0.15) is 0 Å². The molecule has 12 heteroatoms. The highest BCUT2D eigenvalue weighted by atomic mass is 19.4. The van der Waals surface area contributed by atoms with Gasteiger partial charge in [0.05, 0.1) is 19.8 Å². The van der Waals surface area contributed by atoms with Crippen molar-refractivity contribution < 1.29 is 41.4 Å². The molecule has 1 aromatic rings. The van der Waals surface area contributed by atoms with Gasteiger partial charge in [-0.25, -0.2) is 14.0 Å². The van der Waals surface area contributed by atoms with E-state index < -0.39 is 30.1 Å². The monoisotopic (exact) mass is 477 g/mol. The van der Waals surface area contributed by atoms with Crippen LogP contribution in [-0.4, -0.2) is 74.3 Å². The van der Waals surface area contributed by atoms with Crippen LogP contribution >= 0.6 is 0 Å². The molecule has 0 bridgehead atoms. The summed E-state index contributed by atoms with van der Waals surface area (Å²) < 4.78 is 64.9. The first-order valence-electron chi connectivity index (χ1n) is 10.5. The van der Waals surface area contributed by atoms with Crippen molar-refractivity contribution in [3.63, 3.8) is 0 Å². The molecule has 3 amide bonds. The van der Waals surface area contributed by atoms with Crippen molar-refractivity contribution in [3.05, 3.63) is 29.6 Å². The number of methoxy groups -OCH3 is 2. The van der Waals surface area contributed by atoms with Crippen molar-refractivity contribution in [1.29, 1.82) is 0 Å². The van der Waals surface area contributed by atoms with Crippen LogP contribution < -0.4 is 10.1 Å². The van der Waals surface area contributed by atoms with E-state index in [1.165, 1.54) is 7.11 Å².